The number of nitrogens with two attached hydrogens (primary N) is 1. The summed E-state index contributed by atoms with van der Waals surface area (Å²) in [5.41, 5.74) is 6.45. The topological polar surface area (TPSA) is 110 Å². The number of carboxylic acid groups (broad SMARTS) is 2. The second-order valence-electron chi connectivity index (χ2n) is 7.07. The van der Waals surface area contributed by atoms with Crippen molar-refractivity contribution in [2.75, 3.05) is 0 Å². The summed E-state index contributed by atoms with van der Waals surface area (Å²) >= 11 is 0. The van der Waals surface area contributed by atoms with Crippen LogP contribution in [0.2, 0.25) is 0 Å². The van der Waals surface area contributed by atoms with Crippen LogP contribution in [0, 0.1) is 11.8 Å². The van der Waals surface area contributed by atoms with Gasteiger partial charge in [-0.3, -0.25) is 9.59 Å². The van der Waals surface area contributed by atoms with Gasteiger partial charge >= 0.3 is 11.9 Å². The van der Waals surface area contributed by atoms with Crippen molar-refractivity contribution in [2.45, 2.75) is 24.3 Å². The molecule has 0 bridgehead atoms. The second kappa shape index (κ2) is 5.85. The van der Waals surface area contributed by atoms with Gasteiger partial charge in [0.25, 0.3) is 0 Å². The molecule has 4 N–H and O–H groups in total. The lowest BCUT2D eigenvalue weighted by Crippen LogP contribution is -2.52. The first-order valence-electron chi connectivity index (χ1n) is 8.52. The molecule has 0 saturated heterocycles. The van der Waals surface area contributed by atoms with E-state index in [4.69, 9.17) is 10.5 Å². The van der Waals surface area contributed by atoms with Gasteiger partial charge in [-0.05, 0) is 25.0 Å². The summed E-state index contributed by atoms with van der Waals surface area (Å²) in [5, 5.41) is 19.0. The standard InChI is InChI=1S/C20H19NO5/c21-20(19(24)25,15-9-13(15)18(22)23)10-14-11-5-1-3-7-16(11)26-17-8-4-2-6-12(14)17/h1-8,13-15H,9-10,21H2,(H,22,23)(H,24,25)/t13-,15?,20+/m1/s1. The van der Waals surface area contributed by atoms with Crippen LogP contribution in [0.3, 0.4) is 0 Å². The lowest BCUT2D eigenvalue weighted by atomic mass is 9.76. The van der Waals surface area contributed by atoms with E-state index in [-0.39, 0.29) is 12.3 Å². The summed E-state index contributed by atoms with van der Waals surface area (Å²) in [7, 11) is 0. The zero-order valence-electron chi connectivity index (χ0n) is 14.0. The number of rotatable bonds is 5. The Morgan fingerprint density at radius 2 is 1.58 bits per heavy atom. The van der Waals surface area contributed by atoms with Gasteiger partial charge in [0.2, 0.25) is 0 Å². The van der Waals surface area contributed by atoms with Crippen molar-refractivity contribution in [3.8, 4) is 11.5 Å². The fourth-order valence-electron chi connectivity index (χ4n) is 4.00. The molecule has 134 valence electrons. The minimum Gasteiger partial charge on any atom is -0.481 e. The van der Waals surface area contributed by atoms with E-state index < -0.39 is 29.3 Å². The molecule has 26 heavy (non-hydrogen) atoms. The maximum Gasteiger partial charge on any atom is 0.324 e. The Balaban J connectivity index is 1.75. The first-order valence-corrected chi connectivity index (χ1v) is 8.52. The van der Waals surface area contributed by atoms with Gasteiger partial charge in [-0.25, -0.2) is 0 Å². The van der Waals surface area contributed by atoms with E-state index in [9.17, 15) is 19.8 Å². The lowest BCUT2D eigenvalue weighted by Gasteiger charge is -2.34. The number of benzene rings is 2. The summed E-state index contributed by atoms with van der Waals surface area (Å²) in [4.78, 5) is 23.3. The molecule has 2 aromatic carbocycles. The van der Waals surface area contributed by atoms with E-state index in [0.29, 0.717) is 17.9 Å². The van der Waals surface area contributed by atoms with Crippen LogP contribution in [-0.4, -0.2) is 27.7 Å². The summed E-state index contributed by atoms with van der Waals surface area (Å²) in [6, 6.07) is 15.0. The van der Waals surface area contributed by atoms with Gasteiger partial charge in [0, 0.05) is 23.0 Å². The third kappa shape index (κ3) is 2.54. The van der Waals surface area contributed by atoms with E-state index in [1.807, 2.05) is 48.5 Å². The number of hydrogen-bond acceptors (Lipinski definition) is 4. The molecule has 1 heterocycles. The lowest BCUT2D eigenvalue weighted by molar-refractivity contribution is -0.145. The third-order valence-electron chi connectivity index (χ3n) is 5.52. The highest BCUT2D eigenvalue weighted by Crippen LogP contribution is 2.53. The number of para-hydroxylation sites is 2. The molecule has 4 rings (SSSR count). The number of aliphatic carboxylic acids is 2. The summed E-state index contributed by atoms with van der Waals surface area (Å²) in [6.45, 7) is 0. The van der Waals surface area contributed by atoms with Crippen LogP contribution in [0.4, 0.5) is 0 Å². The fourth-order valence-corrected chi connectivity index (χ4v) is 4.00. The smallest absolute Gasteiger partial charge is 0.324 e. The van der Waals surface area contributed by atoms with Crippen molar-refractivity contribution in [3.63, 3.8) is 0 Å². The molecule has 3 atom stereocenters. The summed E-state index contributed by atoms with van der Waals surface area (Å²) in [6.07, 6.45) is 0.415. The van der Waals surface area contributed by atoms with Crippen LogP contribution in [0.15, 0.2) is 48.5 Å². The minimum atomic E-state index is -1.61. The van der Waals surface area contributed by atoms with Gasteiger partial charge in [-0.2, -0.15) is 0 Å². The molecule has 0 aromatic heterocycles. The second-order valence-corrected chi connectivity index (χ2v) is 7.07. The zero-order chi connectivity index (χ0) is 18.5. The van der Waals surface area contributed by atoms with Crippen molar-refractivity contribution in [3.05, 3.63) is 59.7 Å². The third-order valence-corrected chi connectivity index (χ3v) is 5.52. The first kappa shape index (κ1) is 16.6. The zero-order valence-corrected chi connectivity index (χ0v) is 14.0. The number of ether oxygens (including phenoxy) is 1. The van der Waals surface area contributed by atoms with Crippen LogP contribution in [-0.2, 0) is 9.59 Å². The fraction of sp³-hybridized carbons (Fsp3) is 0.300. The Morgan fingerprint density at radius 3 is 2.04 bits per heavy atom. The van der Waals surface area contributed by atoms with Gasteiger partial charge in [0.05, 0.1) is 5.92 Å². The molecular weight excluding hydrogens is 334 g/mol. The van der Waals surface area contributed by atoms with Crippen LogP contribution >= 0.6 is 0 Å². The maximum atomic E-state index is 12.0. The molecule has 0 radical (unpaired) electrons. The Morgan fingerprint density at radius 1 is 1.04 bits per heavy atom. The Kier molecular flexibility index (Phi) is 3.73. The Bertz CT molecular complexity index is 850. The normalized spacial score (nSPS) is 23.1. The Hall–Kier alpha value is -2.86. The average molecular weight is 353 g/mol. The minimum absolute atomic E-state index is 0.119. The van der Waals surface area contributed by atoms with Gasteiger partial charge in [-0.1, -0.05) is 36.4 Å². The molecule has 6 nitrogen and oxygen atoms in total. The van der Waals surface area contributed by atoms with E-state index in [0.717, 1.165) is 11.1 Å². The number of fused-ring (bicyclic) bond motifs is 2. The van der Waals surface area contributed by atoms with Gasteiger partial charge in [0.1, 0.15) is 17.0 Å². The van der Waals surface area contributed by atoms with E-state index in [2.05, 4.69) is 0 Å². The molecule has 6 heteroatoms. The van der Waals surface area contributed by atoms with Crippen molar-refractivity contribution in [2.24, 2.45) is 17.6 Å². The predicted molar refractivity (Wildman–Crippen MR) is 93.2 cm³/mol. The average Bonchev–Trinajstić information content (AvgIpc) is 3.43. The van der Waals surface area contributed by atoms with Crippen molar-refractivity contribution < 1.29 is 24.5 Å². The van der Waals surface area contributed by atoms with Crippen LogP contribution in [0.5, 0.6) is 11.5 Å². The highest BCUT2D eigenvalue weighted by atomic mass is 16.5. The molecule has 1 unspecified atom stereocenters. The molecule has 1 fully saturated rings. The van der Waals surface area contributed by atoms with E-state index in [1.165, 1.54) is 0 Å². The quantitative estimate of drug-likeness (QED) is 0.762. The largest absolute Gasteiger partial charge is 0.481 e. The molecule has 0 spiro atoms. The van der Waals surface area contributed by atoms with Gasteiger partial charge in [-0.15, -0.1) is 0 Å². The molecule has 0 amide bonds. The Labute approximate surface area is 150 Å². The SMILES string of the molecule is N[C@](CC1c2ccccc2Oc2ccccc21)(C(=O)O)C1C[C@H]1C(=O)O. The molecule has 2 aromatic rings. The van der Waals surface area contributed by atoms with Crippen molar-refractivity contribution >= 4 is 11.9 Å². The van der Waals surface area contributed by atoms with E-state index >= 15 is 0 Å². The molecule has 1 aliphatic heterocycles. The molecule has 1 saturated carbocycles. The maximum absolute atomic E-state index is 12.0. The highest BCUT2D eigenvalue weighted by molar-refractivity contribution is 5.83. The van der Waals surface area contributed by atoms with Crippen LogP contribution in [0.25, 0.3) is 0 Å². The van der Waals surface area contributed by atoms with Gasteiger partial charge < -0.3 is 20.7 Å². The van der Waals surface area contributed by atoms with E-state index in [1.54, 1.807) is 0 Å². The first-order chi connectivity index (χ1) is 12.4. The van der Waals surface area contributed by atoms with Crippen molar-refractivity contribution in [1.82, 2.24) is 0 Å². The predicted octanol–water partition coefficient (Wildman–Crippen LogP) is 2.82. The highest BCUT2D eigenvalue weighted by Gasteiger charge is 2.59. The van der Waals surface area contributed by atoms with Crippen LogP contribution in [0.1, 0.15) is 29.9 Å². The summed E-state index contributed by atoms with van der Waals surface area (Å²) in [5.74, 6) is -2.33. The monoisotopic (exact) mass is 353 g/mol. The van der Waals surface area contributed by atoms with Crippen molar-refractivity contribution in [1.29, 1.82) is 0 Å². The van der Waals surface area contributed by atoms with Gasteiger partial charge in [0.15, 0.2) is 0 Å². The molecular formula is C20H19NO5. The summed E-state index contributed by atoms with van der Waals surface area (Å²) < 4.78 is 5.94. The van der Waals surface area contributed by atoms with Crippen LogP contribution < -0.4 is 10.5 Å². The molecule has 2 aliphatic rings. The number of carbonyl (C=O) groups is 2. The number of hydrogen-bond donors (Lipinski definition) is 3. The molecule has 1 aliphatic carbocycles. The number of carboxylic acids is 2.